The van der Waals surface area contributed by atoms with Gasteiger partial charge in [0.1, 0.15) is 5.82 Å². The third-order valence-electron chi connectivity index (χ3n) is 4.57. The van der Waals surface area contributed by atoms with Crippen LogP contribution in [0.5, 0.6) is 0 Å². The van der Waals surface area contributed by atoms with Crippen LogP contribution < -0.4 is 5.32 Å². The minimum Gasteiger partial charge on any atom is -0.312 e. The van der Waals surface area contributed by atoms with Gasteiger partial charge in [-0.1, -0.05) is 31.5 Å². The maximum atomic E-state index is 14.1. The lowest BCUT2D eigenvalue weighted by Crippen LogP contribution is -2.58. The van der Waals surface area contributed by atoms with Gasteiger partial charge in [-0.2, -0.15) is 0 Å². The SMILES string of the molecule is CCCNC(Cc1ccc(Cl)cc1F)C(C)(CC)N(C)C. The Morgan fingerprint density at radius 3 is 2.48 bits per heavy atom. The summed E-state index contributed by atoms with van der Waals surface area (Å²) in [6.45, 7) is 7.49. The monoisotopic (exact) mass is 314 g/mol. The Balaban J connectivity index is 3.02. The van der Waals surface area contributed by atoms with E-state index >= 15 is 0 Å². The Bertz CT molecular complexity index is 450. The molecule has 2 unspecified atom stereocenters. The molecule has 120 valence electrons. The van der Waals surface area contributed by atoms with E-state index in [1.165, 1.54) is 6.07 Å². The average molecular weight is 315 g/mol. The van der Waals surface area contributed by atoms with E-state index in [1.807, 2.05) is 0 Å². The molecular weight excluding hydrogens is 287 g/mol. The number of nitrogens with zero attached hydrogens (tertiary/aromatic N) is 1. The van der Waals surface area contributed by atoms with Crippen molar-refractivity contribution in [2.24, 2.45) is 0 Å². The smallest absolute Gasteiger partial charge is 0.127 e. The Labute approximate surface area is 133 Å². The fourth-order valence-corrected chi connectivity index (χ4v) is 2.77. The minimum atomic E-state index is -0.219. The maximum Gasteiger partial charge on any atom is 0.127 e. The van der Waals surface area contributed by atoms with E-state index in [-0.39, 0.29) is 17.4 Å². The molecule has 1 aromatic rings. The summed E-state index contributed by atoms with van der Waals surface area (Å²) in [5, 5.41) is 4.04. The van der Waals surface area contributed by atoms with Crippen molar-refractivity contribution in [2.45, 2.75) is 51.6 Å². The van der Waals surface area contributed by atoms with Crippen LogP contribution in [0, 0.1) is 5.82 Å². The van der Waals surface area contributed by atoms with Crippen LogP contribution in [-0.2, 0) is 6.42 Å². The van der Waals surface area contributed by atoms with Crippen LogP contribution in [0.15, 0.2) is 18.2 Å². The van der Waals surface area contributed by atoms with E-state index in [2.05, 4.69) is 45.1 Å². The molecule has 0 aliphatic rings. The fourth-order valence-electron chi connectivity index (χ4n) is 2.61. The summed E-state index contributed by atoms with van der Waals surface area (Å²) in [7, 11) is 4.17. The van der Waals surface area contributed by atoms with Gasteiger partial charge in [0.2, 0.25) is 0 Å². The summed E-state index contributed by atoms with van der Waals surface area (Å²) in [5.41, 5.74) is 0.691. The highest BCUT2D eigenvalue weighted by molar-refractivity contribution is 6.30. The Morgan fingerprint density at radius 2 is 2.00 bits per heavy atom. The zero-order valence-corrected chi connectivity index (χ0v) is 14.6. The molecule has 0 heterocycles. The van der Waals surface area contributed by atoms with Crippen LogP contribution in [0.2, 0.25) is 5.02 Å². The van der Waals surface area contributed by atoms with Gasteiger partial charge in [-0.25, -0.2) is 4.39 Å². The largest absolute Gasteiger partial charge is 0.312 e. The second-order valence-corrected chi connectivity index (χ2v) is 6.49. The van der Waals surface area contributed by atoms with Crippen molar-refractivity contribution in [3.8, 4) is 0 Å². The molecule has 1 rings (SSSR count). The molecule has 2 nitrogen and oxygen atoms in total. The van der Waals surface area contributed by atoms with Gasteiger partial charge in [-0.05, 0) is 64.5 Å². The first-order valence-electron chi connectivity index (χ1n) is 7.69. The molecule has 0 amide bonds. The van der Waals surface area contributed by atoms with Gasteiger partial charge in [-0.3, -0.25) is 0 Å². The van der Waals surface area contributed by atoms with Crippen molar-refractivity contribution in [1.29, 1.82) is 0 Å². The topological polar surface area (TPSA) is 15.3 Å². The molecule has 0 radical (unpaired) electrons. The molecule has 0 spiro atoms. The van der Waals surface area contributed by atoms with E-state index < -0.39 is 0 Å². The molecule has 2 atom stereocenters. The van der Waals surface area contributed by atoms with Crippen molar-refractivity contribution in [1.82, 2.24) is 10.2 Å². The van der Waals surface area contributed by atoms with Crippen LogP contribution >= 0.6 is 11.6 Å². The zero-order chi connectivity index (χ0) is 16.0. The molecule has 0 aliphatic heterocycles. The molecule has 0 saturated carbocycles. The maximum absolute atomic E-state index is 14.1. The number of halogens is 2. The summed E-state index contributed by atoms with van der Waals surface area (Å²) < 4.78 is 14.1. The molecule has 21 heavy (non-hydrogen) atoms. The normalized spacial score (nSPS) is 16.0. The first kappa shape index (κ1) is 18.4. The summed E-state index contributed by atoms with van der Waals surface area (Å²) in [6.07, 6.45) is 2.72. The number of rotatable bonds is 8. The van der Waals surface area contributed by atoms with Crippen LogP contribution in [0.1, 0.15) is 39.2 Å². The molecule has 0 bridgehead atoms. The molecule has 0 aromatic heterocycles. The standard InChI is InChI=1S/C17H28ClFN2/c1-6-10-20-16(17(3,7-2)21(4)5)11-13-8-9-14(18)12-15(13)19/h8-9,12,16,20H,6-7,10-11H2,1-5H3. The second-order valence-electron chi connectivity index (χ2n) is 6.05. The molecule has 4 heteroatoms. The first-order valence-corrected chi connectivity index (χ1v) is 8.07. The Hall–Kier alpha value is -0.640. The number of benzene rings is 1. The summed E-state index contributed by atoms with van der Waals surface area (Å²) in [6, 6.07) is 5.14. The highest BCUT2D eigenvalue weighted by atomic mass is 35.5. The van der Waals surface area contributed by atoms with Gasteiger partial charge in [0, 0.05) is 16.6 Å². The predicted octanol–water partition coefficient (Wildman–Crippen LogP) is 4.12. The molecule has 1 aromatic carbocycles. The van der Waals surface area contributed by atoms with Crippen molar-refractivity contribution < 1.29 is 4.39 Å². The first-order chi connectivity index (χ1) is 9.85. The average Bonchev–Trinajstić information content (AvgIpc) is 2.44. The number of nitrogens with one attached hydrogen (secondary N) is 1. The van der Waals surface area contributed by atoms with Gasteiger partial charge in [0.05, 0.1) is 0 Å². The molecule has 0 saturated heterocycles. The van der Waals surface area contributed by atoms with Gasteiger partial charge < -0.3 is 10.2 Å². The zero-order valence-electron chi connectivity index (χ0n) is 13.8. The fraction of sp³-hybridized carbons (Fsp3) is 0.647. The number of hydrogen-bond donors (Lipinski definition) is 1. The predicted molar refractivity (Wildman–Crippen MR) is 89.6 cm³/mol. The third-order valence-corrected chi connectivity index (χ3v) is 4.80. The lowest BCUT2D eigenvalue weighted by atomic mass is 9.84. The van der Waals surface area contributed by atoms with Crippen LogP contribution in [0.3, 0.4) is 0 Å². The van der Waals surface area contributed by atoms with Crippen molar-refractivity contribution in [2.75, 3.05) is 20.6 Å². The summed E-state index contributed by atoms with van der Waals surface area (Å²) in [4.78, 5) is 2.23. The van der Waals surface area contributed by atoms with Crippen molar-refractivity contribution in [3.63, 3.8) is 0 Å². The lowest BCUT2D eigenvalue weighted by molar-refractivity contribution is 0.112. The van der Waals surface area contributed by atoms with E-state index in [0.717, 1.165) is 24.9 Å². The molecular formula is C17H28ClFN2. The van der Waals surface area contributed by atoms with Gasteiger partial charge in [-0.15, -0.1) is 0 Å². The van der Waals surface area contributed by atoms with Crippen molar-refractivity contribution >= 4 is 11.6 Å². The highest BCUT2D eigenvalue weighted by Crippen LogP contribution is 2.25. The van der Waals surface area contributed by atoms with Crippen molar-refractivity contribution in [3.05, 3.63) is 34.6 Å². The van der Waals surface area contributed by atoms with Gasteiger partial charge >= 0.3 is 0 Å². The van der Waals surface area contributed by atoms with Crippen LogP contribution in [-0.4, -0.2) is 37.1 Å². The third kappa shape index (κ3) is 4.67. The van der Waals surface area contributed by atoms with E-state index in [1.54, 1.807) is 12.1 Å². The van der Waals surface area contributed by atoms with E-state index in [4.69, 9.17) is 11.6 Å². The second kappa shape index (κ2) is 8.11. The van der Waals surface area contributed by atoms with Crippen LogP contribution in [0.4, 0.5) is 4.39 Å². The molecule has 0 fully saturated rings. The van der Waals surface area contributed by atoms with Gasteiger partial charge in [0.15, 0.2) is 0 Å². The Morgan fingerprint density at radius 1 is 1.33 bits per heavy atom. The highest BCUT2D eigenvalue weighted by Gasteiger charge is 2.34. The quantitative estimate of drug-likeness (QED) is 0.776. The van der Waals surface area contributed by atoms with Gasteiger partial charge in [0.25, 0.3) is 0 Å². The summed E-state index contributed by atoms with van der Waals surface area (Å²) >= 11 is 5.84. The number of hydrogen-bond acceptors (Lipinski definition) is 2. The number of likely N-dealkylation sites (N-methyl/N-ethyl adjacent to an activating group) is 1. The summed E-state index contributed by atoms with van der Waals surface area (Å²) in [5.74, 6) is -0.219. The molecule has 1 N–H and O–H groups in total. The van der Waals surface area contributed by atoms with E-state index in [0.29, 0.717) is 11.4 Å². The Kier molecular flexibility index (Phi) is 7.11. The van der Waals surface area contributed by atoms with Crippen LogP contribution in [0.25, 0.3) is 0 Å². The molecule has 0 aliphatic carbocycles. The minimum absolute atomic E-state index is 0.0265. The lowest BCUT2D eigenvalue weighted by Gasteiger charge is -2.43. The van der Waals surface area contributed by atoms with E-state index in [9.17, 15) is 4.39 Å².